The van der Waals surface area contributed by atoms with E-state index >= 15 is 0 Å². The standard InChI is InChI=1S/C34H28N2Si/c37-30-18-20-32-31-19-17-29(22-33(31)36(34(32)23-30)27-13-5-2-6-14-27)35(26-11-3-1-4-12-26)28-16-15-24-9-7-8-10-25(24)21-28/h1-7,9,11-23H,8,10H2,37H3. The summed E-state index contributed by atoms with van der Waals surface area (Å²) in [6.45, 7) is 0. The van der Waals surface area contributed by atoms with Crippen molar-refractivity contribution >= 4 is 60.4 Å². The van der Waals surface area contributed by atoms with E-state index in [9.17, 15) is 0 Å². The van der Waals surface area contributed by atoms with Crippen molar-refractivity contribution in [2.45, 2.75) is 12.8 Å². The Kier molecular flexibility index (Phi) is 5.30. The van der Waals surface area contributed by atoms with Crippen LogP contribution in [0.2, 0.25) is 0 Å². The predicted octanol–water partition coefficient (Wildman–Crippen LogP) is 7.20. The van der Waals surface area contributed by atoms with Gasteiger partial charge in [0.15, 0.2) is 0 Å². The molecule has 2 nitrogen and oxygen atoms in total. The van der Waals surface area contributed by atoms with Gasteiger partial charge in [-0.05, 0) is 78.6 Å². The van der Waals surface area contributed by atoms with E-state index in [1.54, 1.807) is 0 Å². The number of anilines is 3. The van der Waals surface area contributed by atoms with Crippen molar-refractivity contribution in [1.82, 2.24) is 4.57 Å². The third-order valence-electron chi connectivity index (χ3n) is 7.46. The highest BCUT2D eigenvalue weighted by molar-refractivity contribution is 6.33. The molecular weight excluding hydrogens is 464 g/mol. The molecule has 0 fully saturated rings. The van der Waals surface area contributed by atoms with Gasteiger partial charge in [0.05, 0.1) is 11.0 Å². The van der Waals surface area contributed by atoms with Gasteiger partial charge in [-0.1, -0.05) is 78.0 Å². The topological polar surface area (TPSA) is 8.17 Å². The number of benzene rings is 5. The molecule has 7 rings (SSSR count). The maximum Gasteiger partial charge on any atom is 0.0561 e. The van der Waals surface area contributed by atoms with Gasteiger partial charge in [0, 0.05) is 43.8 Å². The Morgan fingerprint density at radius 1 is 0.622 bits per heavy atom. The fraction of sp³-hybridized carbons (Fsp3) is 0.0588. The second-order valence-corrected chi connectivity index (χ2v) is 11.0. The van der Waals surface area contributed by atoms with E-state index in [4.69, 9.17) is 0 Å². The summed E-state index contributed by atoms with van der Waals surface area (Å²) < 4.78 is 2.43. The number of hydrogen-bond acceptors (Lipinski definition) is 1. The van der Waals surface area contributed by atoms with E-state index < -0.39 is 0 Å². The highest BCUT2D eigenvalue weighted by Crippen LogP contribution is 2.40. The molecule has 3 heteroatoms. The molecule has 178 valence electrons. The molecule has 0 bridgehead atoms. The van der Waals surface area contributed by atoms with Gasteiger partial charge in [-0.15, -0.1) is 0 Å². The molecule has 0 saturated heterocycles. The van der Waals surface area contributed by atoms with Crippen molar-refractivity contribution in [2.24, 2.45) is 0 Å². The maximum atomic E-state index is 2.43. The maximum absolute atomic E-state index is 2.43. The number of hydrogen-bond donors (Lipinski definition) is 0. The van der Waals surface area contributed by atoms with Crippen molar-refractivity contribution in [3.63, 3.8) is 0 Å². The third kappa shape index (κ3) is 3.79. The number of aromatic nitrogens is 1. The van der Waals surface area contributed by atoms with Crippen molar-refractivity contribution in [2.75, 3.05) is 4.90 Å². The van der Waals surface area contributed by atoms with E-state index in [2.05, 4.69) is 137 Å². The highest BCUT2D eigenvalue weighted by Gasteiger charge is 2.18. The summed E-state index contributed by atoms with van der Waals surface area (Å²) in [5, 5.41) is 3.99. The van der Waals surface area contributed by atoms with E-state index in [0.29, 0.717) is 0 Å². The van der Waals surface area contributed by atoms with Crippen LogP contribution in [-0.4, -0.2) is 14.8 Å². The fourth-order valence-electron chi connectivity index (χ4n) is 5.70. The largest absolute Gasteiger partial charge is 0.310 e. The Balaban J connectivity index is 1.49. The molecule has 0 N–H and O–H groups in total. The molecule has 0 aliphatic heterocycles. The number of allylic oxidation sites excluding steroid dienone is 1. The normalized spacial score (nSPS) is 12.8. The summed E-state index contributed by atoms with van der Waals surface area (Å²) in [4.78, 5) is 2.39. The van der Waals surface area contributed by atoms with Crippen LogP contribution in [0.4, 0.5) is 17.1 Å². The monoisotopic (exact) mass is 492 g/mol. The Morgan fingerprint density at radius 2 is 1.30 bits per heavy atom. The Morgan fingerprint density at radius 3 is 2.11 bits per heavy atom. The van der Waals surface area contributed by atoms with Crippen LogP contribution >= 0.6 is 0 Å². The first-order valence-electron chi connectivity index (χ1n) is 13.0. The first-order chi connectivity index (χ1) is 18.3. The molecule has 0 spiro atoms. The van der Waals surface area contributed by atoms with E-state index in [0.717, 1.165) is 34.5 Å². The molecule has 1 aromatic heterocycles. The number of nitrogens with zero attached hydrogens (tertiary/aromatic N) is 2. The first kappa shape index (κ1) is 21.9. The third-order valence-corrected chi connectivity index (χ3v) is 8.08. The number of rotatable bonds is 4. The zero-order valence-electron chi connectivity index (χ0n) is 20.9. The van der Waals surface area contributed by atoms with Gasteiger partial charge < -0.3 is 9.47 Å². The van der Waals surface area contributed by atoms with Crippen LogP contribution in [-0.2, 0) is 6.42 Å². The Labute approximate surface area is 220 Å². The van der Waals surface area contributed by atoms with Crippen LogP contribution in [0.25, 0.3) is 33.6 Å². The summed E-state index contributed by atoms with van der Waals surface area (Å²) in [5.74, 6) is 0. The van der Waals surface area contributed by atoms with Crippen LogP contribution in [0.3, 0.4) is 0 Å². The lowest BCUT2D eigenvalue weighted by Gasteiger charge is -2.27. The molecule has 0 amide bonds. The summed E-state index contributed by atoms with van der Waals surface area (Å²) in [7, 11) is 1.03. The SMILES string of the molecule is [SiH3]c1ccc2c3ccc(N(c4ccccc4)c4ccc5c(c4)CCC=C5)cc3n(-c3ccccc3)c2c1. The van der Waals surface area contributed by atoms with Gasteiger partial charge in [0.25, 0.3) is 0 Å². The predicted molar refractivity (Wildman–Crippen MR) is 162 cm³/mol. The van der Waals surface area contributed by atoms with Crippen LogP contribution in [0, 0.1) is 0 Å². The smallest absolute Gasteiger partial charge is 0.0561 e. The van der Waals surface area contributed by atoms with Crippen molar-refractivity contribution in [3.8, 4) is 5.69 Å². The quantitative estimate of drug-likeness (QED) is 0.236. The molecule has 37 heavy (non-hydrogen) atoms. The molecular formula is C34H28N2Si. The lowest BCUT2D eigenvalue weighted by Crippen LogP contribution is -2.11. The van der Waals surface area contributed by atoms with Gasteiger partial charge in [0.2, 0.25) is 0 Å². The molecule has 0 unspecified atom stereocenters. The molecule has 5 aromatic carbocycles. The van der Waals surface area contributed by atoms with Crippen molar-refractivity contribution < 1.29 is 0 Å². The molecule has 0 radical (unpaired) electrons. The van der Waals surface area contributed by atoms with Gasteiger partial charge in [-0.2, -0.15) is 0 Å². The van der Waals surface area contributed by atoms with Crippen molar-refractivity contribution in [1.29, 1.82) is 0 Å². The van der Waals surface area contributed by atoms with Crippen LogP contribution in [0.5, 0.6) is 0 Å². The van der Waals surface area contributed by atoms with Gasteiger partial charge >= 0.3 is 0 Å². The second kappa shape index (κ2) is 8.95. The lowest BCUT2D eigenvalue weighted by molar-refractivity contribution is 0.984. The molecule has 0 saturated carbocycles. The molecule has 6 aromatic rings. The number of fused-ring (bicyclic) bond motifs is 4. The fourth-order valence-corrected chi connectivity index (χ4v) is 6.14. The molecule has 1 heterocycles. The van der Waals surface area contributed by atoms with E-state index in [1.165, 1.54) is 49.5 Å². The first-order valence-corrected chi connectivity index (χ1v) is 14.0. The van der Waals surface area contributed by atoms with Crippen LogP contribution < -0.4 is 10.1 Å². The van der Waals surface area contributed by atoms with Crippen LogP contribution in [0.15, 0.2) is 121 Å². The molecule has 1 aliphatic rings. The second-order valence-electron chi connectivity index (χ2n) is 9.89. The Hall–Kier alpha value is -4.34. The average molecular weight is 493 g/mol. The van der Waals surface area contributed by atoms with Crippen molar-refractivity contribution in [3.05, 3.63) is 132 Å². The summed E-state index contributed by atoms with van der Waals surface area (Å²) >= 11 is 0. The summed E-state index contributed by atoms with van der Waals surface area (Å²) in [5.41, 5.74) is 9.98. The van der Waals surface area contributed by atoms with E-state index in [-0.39, 0.29) is 0 Å². The highest BCUT2D eigenvalue weighted by atomic mass is 28.1. The zero-order valence-corrected chi connectivity index (χ0v) is 22.9. The minimum absolute atomic E-state index is 1.03. The molecule has 1 aliphatic carbocycles. The van der Waals surface area contributed by atoms with E-state index in [1.807, 2.05) is 0 Å². The zero-order chi connectivity index (χ0) is 24.8. The Bertz CT molecular complexity index is 1780. The summed E-state index contributed by atoms with van der Waals surface area (Å²) in [6.07, 6.45) is 6.72. The average Bonchev–Trinajstić information content (AvgIpc) is 3.27. The van der Waals surface area contributed by atoms with Gasteiger partial charge in [0.1, 0.15) is 0 Å². The van der Waals surface area contributed by atoms with Gasteiger partial charge in [-0.25, -0.2) is 0 Å². The van der Waals surface area contributed by atoms with Crippen LogP contribution in [0.1, 0.15) is 17.5 Å². The summed E-state index contributed by atoms with van der Waals surface area (Å²) in [6, 6.07) is 42.2. The minimum Gasteiger partial charge on any atom is -0.310 e. The molecule has 0 atom stereocenters. The number of aryl methyl sites for hydroxylation is 1. The minimum atomic E-state index is 1.03. The lowest BCUT2D eigenvalue weighted by atomic mass is 9.96. The number of para-hydroxylation sites is 2. The van der Waals surface area contributed by atoms with Gasteiger partial charge in [-0.3, -0.25) is 0 Å².